The summed E-state index contributed by atoms with van der Waals surface area (Å²) < 4.78 is 0. The molecule has 0 aromatic rings. The highest BCUT2D eigenvalue weighted by Crippen LogP contribution is 1.95. The van der Waals surface area contributed by atoms with E-state index in [1.165, 1.54) is 0 Å². The van der Waals surface area contributed by atoms with Gasteiger partial charge in [0, 0.05) is 4.91 Å². The van der Waals surface area contributed by atoms with Crippen molar-refractivity contribution in [3.63, 3.8) is 0 Å². The zero-order chi connectivity index (χ0) is 6.57. The van der Waals surface area contributed by atoms with Gasteiger partial charge in [-0.05, 0) is 12.5 Å². The predicted octanol–water partition coefficient (Wildman–Crippen LogP) is 1.07. The lowest BCUT2D eigenvalue weighted by molar-refractivity contribution is 0.170. The van der Waals surface area contributed by atoms with Crippen LogP contribution in [0.5, 0.6) is 0 Å². The molecule has 0 saturated heterocycles. The molecule has 0 amide bonds. The van der Waals surface area contributed by atoms with Crippen LogP contribution in [0.1, 0.15) is 13.8 Å². The fourth-order valence-corrected chi connectivity index (χ4v) is 0.178. The van der Waals surface area contributed by atoms with Crippen LogP contribution >= 0.6 is 0 Å². The first-order valence-corrected chi connectivity index (χ1v) is 2.40. The Bertz CT molecular complexity index is 106. The second kappa shape index (κ2) is 3.29. The van der Waals surface area contributed by atoms with Crippen LogP contribution in [0.4, 0.5) is 0 Å². The molecule has 4 heteroatoms. The molecule has 0 aromatic heterocycles. The maximum Gasteiger partial charge on any atom is 0.0602 e. The first kappa shape index (κ1) is 7.27. The van der Waals surface area contributed by atoms with Crippen molar-refractivity contribution in [1.29, 1.82) is 0 Å². The van der Waals surface area contributed by atoms with E-state index in [1.54, 1.807) is 13.8 Å². The predicted molar refractivity (Wildman–Crippen MR) is 30.3 cm³/mol. The van der Waals surface area contributed by atoms with Gasteiger partial charge in [-0.2, -0.15) is 0 Å². The second-order valence-electron chi connectivity index (χ2n) is 1.69. The summed E-state index contributed by atoms with van der Waals surface area (Å²) in [6.07, 6.45) is -0.550. The molecule has 0 saturated carbocycles. The van der Waals surface area contributed by atoms with Crippen molar-refractivity contribution in [2.75, 3.05) is 0 Å². The molecule has 0 aromatic carbocycles. The van der Waals surface area contributed by atoms with Crippen LogP contribution in [0.3, 0.4) is 0 Å². The maximum atomic E-state index is 8.69. The van der Waals surface area contributed by atoms with Crippen LogP contribution < -0.4 is 0 Å². The SMILES string of the molecule is C[C@H](O)[C@@H](C)N=[N+]=[N-]. The van der Waals surface area contributed by atoms with E-state index in [2.05, 4.69) is 10.0 Å². The lowest BCUT2D eigenvalue weighted by Crippen LogP contribution is -2.15. The highest BCUT2D eigenvalue weighted by Gasteiger charge is 2.03. The molecular weight excluding hydrogens is 106 g/mol. The molecule has 0 fully saturated rings. The van der Waals surface area contributed by atoms with Gasteiger partial charge in [-0.15, -0.1) is 0 Å². The van der Waals surface area contributed by atoms with Crippen LogP contribution in [0.25, 0.3) is 10.4 Å². The smallest absolute Gasteiger partial charge is 0.0602 e. The van der Waals surface area contributed by atoms with E-state index in [9.17, 15) is 0 Å². The van der Waals surface area contributed by atoms with Crippen LogP contribution in [0.2, 0.25) is 0 Å². The summed E-state index contributed by atoms with van der Waals surface area (Å²) in [6.45, 7) is 3.24. The Hall–Kier alpha value is -0.730. The molecule has 0 bridgehead atoms. The van der Waals surface area contributed by atoms with E-state index in [0.717, 1.165) is 0 Å². The Balaban J connectivity index is 3.63. The molecule has 0 aliphatic heterocycles. The number of hydrogen-bond acceptors (Lipinski definition) is 2. The molecule has 0 spiro atoms. The Labute approximate surface area is 47.8 Å². The Morgan fingerprint density at radius 3 is 2.25 bits per heavy atom. The number of aliphatic hydroxyl groups is 1. The first-order valence-electron chi connectivity index (χ1n) is 2.40. The van der Waals surface area contributed by atoms with Gasteiger partial charge < -0.3 is 5.11 Å². The van der Waals surface area contributed by atoms with E-state index >= 15 is 0 Å². The third-order valence-corrected chi connectivity index (χ3v) is 0.932. The topological polar surface area (TPSA) is 69.0 Å². The maximum absolute atomic E-state index is 8.69. The lowest BCUT2D eigenvalue weighted by atomic mass is 10.2. The van der Waals surface area contributed by atoms with Crippen molar-refractivity contribution in [2.24, 2.45) is 5.11 Å². The minimum Gasteiger partial charge on any atom is -0.393 e. The van der Waals surface area contributed by atoms with Gasteiger partial charge in [0.05, 0.1) is 12.1 Å². The van der Waals surface area contributed by atoms with Crippen molar-refractivity contribution in [3.8, 4) is 0 Å². The molecule has 1 N–H and O–H groups in total. The fraction of sp³-hybridized carbons (Fsp3) is 1.00. The van der Waals surface area contributed by atoms with Gasteiger partial charge in [0.15, 0.2) is 0 Å². The minimum absolute atomic E-state index is 0.319. The molecular formula is C4H9N3O. The molecule has 2 atom stereocenters. The van der Waals surface area contributed by atoms with Crippen molar-refractivity contribution < 1.29 is 5.11 Å². The summed E-state index contributed by atoms with van der Waals surface area (Å²) in [4.78, 5) is 2.52. The van der Waals surface area contributed by atoms with Crippen LogP contribution in [0, 0.1) is 0 Å². The monoisotopic (exact) mass is 115 g/mol. The highest BCUT2D eigenvalue weighted by molar-refractivity contribution is 4.65. The average molecular weight is 115 g/mol. The van der Waals surface area contributed by atoms with Gasteiger partial charge in [0.25, 0.3) is 0 Å². The fourth-order valence-electron chi connectivity index (χ4n) is 0.178. The number of azide groups is 1. The van der Waals surface area contributed by atoms with Crippen molar-refractivity contribution in [2.45, 2.75) is 26.0 Å². The molecule has 0 unspecified atom stereocenters. The summed E-state index contributed by atoms with van der Waals surface area (Å²) in [5.74, 6) is 0. The molecule has 8 heavy (non-hydrogen) atoms. The van der Waals surface area contributed by atoms with Crippen LogP contribution in [-0.4, -0.2) is 17.3 Å². The second-order valence-corrected chi connectivity index (χ2v) is 1.69. The van der Waals surface area contributed by atoms with Gasteiger partial charge in [-0.3, -0.25) is 0 Å². The number of rotatable bonds is 2. The van der Waals surface area contributed by atoms with E-state index in [4.69, 9.17) is 10.6 Å². The van der Waals surface area contributed by atoms with Gasteiger partial charge in [0.1, 0.15) is 0 Å². The summed E-state index contributed by atoms with van der Waals surface area (Å²) in [5, 5.41) is 11.9. The van der Waals surface area contributed by atoms with E-state index in [1.807, 2.05) is 0 Å². The Kier molecular flexibility index (Phi) is 2.99. The zero-order valence-corrected chi connectivity index (χ0v) is 4.94. The average Bonchev–Trinajstić information content (AvgIpc) is 1.67. The Morgan fingerprint density at radius 2 is 2.12 bits per heavy atom. The molecule has 0 heterocycles. The van der Waals surface area contributed by atoms with Gasteiger partial charge in [-0.1, -0.05) is 12.0 Å². The molecule has 0 rings (SSSR count). The van der Waals surface area contributed by atoms with Crippen molar-refractivity contribution in [3.05, 3.63) is 10.4 Å². The van der Waals surface area contributed by atoms with Gasteiger partial charge in [-0.25, -0.2) is 0 Å². The molecule has 46 valence electrons. The van der Waals surface area contributed by atoms with Gasteiger partial charge >= 0.3 is 0 Å². The molecule has 0 aliphatic rings. The third-order valence-electron chi connectivity index (χ3n) is 0.932. The number of nitrogens with zero attached hydrogens (tertiary/aromatic N) is 3. The molecule has 4 nitrogen and oxygen atoms in total. The largest absolute Gasteiger partial charge is 0.393 e. The lowest BCUT2D eigenvalue weighted by Gasteiger charge is -2.04. The Morgan fingerprint density at radius 1 is 1.62 bits per heavy atom. The number of hydrogen-bond donors (Lipinski definition) is 1. The molecule has 0 aliphatic carbocycles. The standard InChI is InChI=1S/C4H9N3O/c1-3(4(2)8)6-7-5/h3-4,8H,1-2H3/t3-,4+/m1/s1. The van der Waals surface area contributed by atoms with Crippen LogP contribution in [0.15, 0.2) is 5.11 Å². The van der Waals surface area contributed by atoms with E-state index in [0.29, 0.717) is 0 Å². The van der Waals surface area contributed by atoms with E-state index < -0.39 is 6.10 Å². The first-order chi connectivity index (χ1) is 3.68. The quantitative estimate of drug-likeness (QED) is 0.326. The third kappa shape index (κ3) is 2.44. The normalized spacial score (nSPS) is 16.4. The molecule has 0 radical (unpaired) electrons. The van der Waals surface area contributed by atoms with E-state index in [-0.39, 0.29) is 6.04 Å². The van der Waals surface area contributed by atoms with Crippen molar-refractivity contribution >= 4 is 0 Å². The van der Waals surface area contributed by atoms with Crippen molar-refractivity contribution in [1.82, 2.24) is 0 Å². The zero-order valence-electron chi connectivity index (χ0n) is 4.94. The summed E-state index contributed by atoms with van der Waals surface area (Å²) in [7, 11) is 0. The van der Waals surface area contributed by atoms with Gasteiger partial charge in [0.2, 0.25) is 0 Å². The highest BCUT2D eigenvalue weighted by atomic mass is 16.3. The minimum atomic E-state index is -0.550. The summed E-state index contributed by atoms with van der Waals surface area (Å²) in [5.41, 5.74) is 7.83. The van der Waals surface area contributed by atoms with Crippen LogP contribution in [-0.2, 0) is 0 Å². The number of aliphatic hydroxyl groups excluding tert-OH is 1. The summed E-state index contributed by atoms with van der Waals surface area (Å²) >= 11 is 0. The summed E-state index contributed by atoms with van der Waals surface area (Å²) in [6, 6.07) is -0.319.